The van der Waals surface area contributed by atoms with Crippen LogP contribution in [-0.2, 0) is 9.59 Å². The molecule has 0 radical (unpaired) electrons. The van der Waals surface area contributed by atoms with Crippen molar-refractivity contribution < 1.29 is 23.2 Å². The third-order valence-corrected chi connectivity index (χ3v) is 4.23. The van der Waals surface area contributed by atoms with Gasteiger partial charge >= 0.3 is 6.03 Å². The lowest BCUT2D eigenvalue weighted by molar-refractivity contribution is -0.133. The highest BCUT2D eigenvalue weighted by Gasteiger charge is 2.52. The number of rotatable bonds is 3. The number of nitrogens with zero attached hydrogens (tertiary/aromatic N) is 1. The summed E-state index contributed by atoms with van der Waals surface area (Å²) < 4.78 is 27.0. The molecule has 122 valence electrons. The molecule has 1 aliphatic heterocycles. The summed E-state index contributed by atoms with van der Waals surface area (Å²) in [5, 5.41) is 4.69. The molecule has 0 bridgehead atoms. The number of para-hydroxylation sites is 1. The zero-order valence-corrected chi connectivity index (χ0v) is 12.2. The Morgan fingerprint density at radius 3 is 2.43 bits per heavy atom. The van der Waals surface area contributed by atoms with Gasteiger partial charge < -0.3 is 10.6 Å². The Kier molecular flexibility index (Phi) is 3.75. The van der Waals surface area contributed by atoms with Crippen LogP contribution in [-0.4, -0.2) is 34.8 Å². The number of anilines is 1. The van der Waals surface area contributed by atoms with E-state index in [1.165, 1.54) is 6.07 Å². The molecule has 23 heavy (non-hydrogen) atoms. The van der Waals surface area contributed by atoms with Crippen molar-refractivity contribution in [2.24, 2.45) is 0 Å². The third kappa shape index (κ3) is 2.64. The maximum absolute atomic E-state index is 13.5. The number of halogens is 2. The minimum atomic E-state index is -0.928. The molecule has 1 heterocycles. The van der Waals surface area contributed by atoms with E-state index in [4.69, 9.17) is 0 Å². The van der Waals surface area contributed by atoms with Crippen LogP contribution in [0.1, 0.15) is 25.7 Å². The van der Waals surface area contributed by atoms with Gasteiger partial charge in [0.2, 0.25) is 5.91 Å². The molecule has 0 unspecified atom stereocenters. The molecule has 8 heteroatoms. The second-order valence-electron chi connectivity index (χ2n) is 5.76. The topological polar surface area (TPSA) is 78.5 Å². The summed E-state index contributed by atoms with van der Waals surface area (Å²) >= 11 is 0. The number of hydrogen-bond acceptors (Lipinski definition) is 3. The minimum Gasteiger partial charge on any atom is -0.323 e. The van der Waals surface area contributed by atoms with Gasteiger partial charge in [0.15, 0.2) is 0 Å². The van der Waals surface area contributed by atoms with Gasteiger partial charge in [-0.05, 0) is 25.0 Å². The minimum absolute atomic E-state index is 0.454. The number of hydrogen-bond donors (Lipinski definition) is 2. The van der Waals surface area contributed by atoms with Crippen LogP contribution in [0.3, 0.4) is 0 Å². The highest BCUT2D eigenvalue weighted by molar-refractivity contribution is 6.10. The molecule has 1 aromatic rings. The summed E-state index contributed by atoms with van der Waals surface area (Å²) in [6, 6.07) is 2.52. The third-order valence-electron chi connectivity index (χ3n) is 4.23. The van der Waals surface area contributed by atoms with Gasteiger partial charge in [0, 0.05) is 0 Å². The summed E-state index contributed by atoms with van der Waals surface area (Å²) in [4.78, 5) is 37.0. The number of urea groups is 1. The maximum Gasteiger partial charge on any atom is 0.325 e. The molecule has 3 rings (SSSR count). The largest absolute Gasteiger partial charge is 0.325 e. The number of benzene rings is 1. The molecule has 0 atom stereocenters. The van der Waals surface area contributed by atoms with E-state index < -0.39 is 47.3 Å². The van der Waals surface area contributed by atoms with Gasteiger partial charge in [0.1, 0.15) is 29.4 Å². The van der Waals surface area contributed by atoms with E-state index in [0.29, 0.717) is 12.8 Å². The van der Waals surface area contributed by atoms with Gasteiger partial charge in [-0.2, -0.15) is 0 Å². The van der Waals surface area contributed by atoms with Crippen molar-refractivity contribution in [3.8, 4) is 0 Å². The molecule has 2 aliphatic rings. The van der Waals surface area contributed by atoms with E-state index in [0.717, 1.165) is 29.9 Å². The molecular weight excluding hydrogens is 308 g/mol. The number of amides is 4. The molecule has 1 aromatic carbocycles. The SMILES string of the molecule is O=C(CN1C(=O)NC2(CCCC2)C1=O)Nc1c(F)cccc1F. The maximum atomic E-state index is 13.5. The Bertz CT molecular complexity index is 666. The van der Waals surface area contributed by atoms with Crippen LogP contribution in [0.5, 0.6) is 0 Å². The number of nitrogens with one attached hydrogen (secondary N) is 2. The van der Waals surface area contributed by atoms with E-state index in [1.54, 1.807) is 0 Å². The average Bonchev–Trinajstić information content (AvgIpc) is 3.05. The first-order valence-corrected chi connectivity index (χ1v) is 7.31. The zero-order chi connectivity index (χ0) is 16.6. The van der Waals surface area contributed by atoms with Crippen molar-refractivity contribution in [2.45, 2.75) is 31.2 Å². The molecule has 2 N–H and O–H groups in total. The fourth-order valence-electron chi connectivity index (χ4n) is 3.08. The predicted molar refractivity (Wildman–Crippen MR) is 76.4 cm³/mol. The van der Waals surface area contributed by atoms with Crippen LogP contribution in [0.2, 0.25) is 0 Å². The highest BCUT2D eigenvalue weighted by Crippen LogP contribution is 2.34. The van der Waals surface area contributed by atoms with Crippen LogP contribution in [0, 0.1) is 11.6 Å². The lowest BCUT2D eigenvalue weighted by Gasteiger charge is -2.19. The number of imide groups is 1. The van der Waals surface area contributed by atoms with Crippen LogP contribution in [0.25, 0.3) is 0 Å². The quantitative estimate of drug-likeness (QED) is 0.832. The first-order chi connectivity index (χ1) is 10.9. The van der Waals surface area contributed by atoms with Gasteiger partial charge in [-0.25, -0.2) is 13.6 Å². The summed E-state index contributed by atoms with van der Waals surface area (Å²) in [7, 11) is 0. The lowest BCUT2D eigenvalue weighted by atomic mass is 9.98. The van der Waals surface area contributed by atoms with Crippen molar-refractivity contribution in [3.63, 3.8) is 0 Å². The van der Waals surface area contributed by atoms with Gasteiger partial charge in [-0.1, -0.05) is 18.9 Å². The van der Waals surface area contributed by atoms with Crippen molar-refractivity contribution in [1.29, 1.82) is 0 Å². The Balaban J connectivity index is 1.71. The predicted octanol–water partition coefficient (Wildman–Crippen LogP) is 1.77. The Morgan fingerprint density at radius 1 is 1.22 bits per heavy atom. The molecule has 1 saturated carbocycles. The van der Waals surface area contributed by atoms with Crippen LogP contribution in [0.15, 0.2) is 18.2 Å². The standard InChI is InChI=1S/C15H15F2N3O3/c16-9-4-3-5-10(17)12(9)18-11(21)8-20-13(22)15(19-14(20)23)6-1-2-7-15/h3-5H,1-2,6-8H2,(H,18,21)(H,19,23). The Morgan fingerprint density at radius 2 is 1.83 bits per heavy atom. The normalized spacial score (nSPS) is 19.3. The van der Waals surface area contributed by atoms with Crippen LogP contribution < -0.4 is 10.6 Å². The smallest absolute Gasteiger partial charge is 0.323 e. The van der Waals surface area contributed by atoms with Gasteiger partial charge in [0.05, 0.1) is 0 Å². The molecule has 1 spiro atoms. The molecule has 4 amide bonds. The lowest BCUT2D eigenvalue weighted by Crippen LogP contribution is -2.44. The van der Waals surface area contributed by atoms with E-state index in [2.05, 4.69) is 10.6 Å². The van der Waals surface area contributed by atoms with Gasteiger partial charge in [0.25, 0.3) is 5.91 Å². The van der Waals surface area contributed by atoms with Crippen molar-refractivity contribution >= 4 is 23.5 Å². The monoisotopic (exact) mass is 323 g/mol. The van der Waals surface area contributed by atoms with E-state index >= 15 is 0 Å². The van der Waals surface area contributed by atoms with E-state index in [-0.39, 0.29) is 0 Å². The second-order valence-corrected chi connectivity index (χ2v) is 5.76. The van der Waals surface area contributed by atoms with E-state index in [1.807, 2.05) is 0 Å². The van der Waals surface area contributed by atoms with Crippen molar-refractivity contribution in [3.05, 3.63) is 29.8 Å². The molecule has 0 aromatic heterocycles. The highest BCUT2D eigenvalue weighted by atomic mass is 19.1. The average molecular weight is 323 g/mol. The summed E-state index contributed by atoms with van der Waals surface area (Å²) in [5.41, 5.74) is -1.51. The molecular formula is C15H15F2N3O3. The van der Waals surface area contributed by atoms with Crippen molar-refractivity contribution in [1.82, 2.24) is 10.2 Å². The van der Waals surface area contributed by atoms with Gasteiger partial charge in [-0.15, -0.1) is 0 Å². The summed E-state index contributed by atoms with van der Waals surface area (Å²) in [6.07, 6.45) is 2.73. The molecule has 6 nitrogen and oxygen atoms in total. The Hall–Kier alpha value is -2.51. The number of carbonyl (C=O) groups is 3. The van der Waals surface area contributed by atoms with Gasteiger partial charge in [-0.3, -0.25) is 14.5 Å². The molecule has 2 fully saturated rings. The Labute approximate surface area is 130 Å². The fraction of sp³-hybridized carbons (Fsp3) is 0.400. The van der Waals surface area contributed by atoms with E-state index in [9.17, 15) is 23.2 Å². The fourth-order valence-corrected chi connectivity index (χ4v) is 3.08. The molecule has 1 aliphatic carbocycles. The summed E-state index contributed by atoms with van der Waals surface area (Å²) in [5.74, 6) is -3.15. The first kappa shape index (κ1) is 15.4. The second kappa shape index (κ2) is 5.60. The summed E-state index contributed by atoms with van der Waals surface area (Å²) in [6.45, 7) is -0.583. The van der Waals surface area contributed by atoms with Crippen LogP contribution >= 0.6 is 0 Å². The first-order valence-electron chi connectivity index (χ1n) is 7.31. The van der Waals surface area contributed by atoms with Crippen LogP contribution in [0.4, 0.5) is 19.3 Å². The van der Waals surface area contributed by atoms with Crippen molar-refractivity contribution in [2.75, 3.05) is 11.9 Å². The molecule has 1 saturated heterocycles. The zero-order valence-electron chi connectivity index (χ0n) is 12.2. The number of carbonyl (C=O) groups excluding carboxylic acids is 3.